The molecule has 1 N–H and O–H groups in total. The fourth-order valence-corrected chi connectivity index (χ4v) is 3.22. The highest BCUT2D eigenvalue weighted by Gasteiger charge is 2.18. The third-order valence-electron chi connectivity index (χ3n) is 3.59. The first kappa shape index (κ1) is 13.8. The second kappa shape index (κ2) is 5.69. The van der Waals surface area contributed by atoms with E-state index in [1.54, 1.807) is 22.4 Å². The minimum atomic E-state index is 0.0450. The number of carbonyl (C=O) groups excluding carboxylic acids is 1. The topological polar surface area (TPSA) is 49.0 Å². The van der Waals surface area contributed by atoms with Crippen LogP contribution in [-0.4, -0.2) is 34.4 Å². The minimum Gasteiger partial charge on any atom is -0.361 e. The maximum absolute atomic E-state index is 12.7. The summed E-state index contributed by atoms with van der Waals surface area (Å²) in [5.74, 6) is 0.285. The number of hydrogen-bond donors (Lipinski definition) is 1. The third-order valence-corrected chi connectivity index (χ3v) is 4.60. The molecule has 2 heterocycles. The van der Waals surface area contributed by atoms with E-state index in [9.17, 15) is 4.79 Å². The Morgan fingerprint density at radius 1 is 1.43 bits per heavy atom. The first-order valence-corrected chi connectivity index (χ1v) is 7.75. The molecule has 2 aromatic heterocycles. The lowest BCUT2D eigenvalue weighted by Gasteiger charge is -2.21. The van der Waals surface area contributed by atoms with Crippen LogP contribution in [0.15, 0.2) is 42.0 Å². The monoisotopic (exact) mass is 299 g/mol. The van der Waals surface area contributed by atoms with Crippen molar-refractivity contribution in [2.24, 2.45) is 0 Å². The highest BCUT2D eigenvalue weighted by atomic mass is 32.1. The van der Waals surface area contributed by atoms with Crippen molar-refractivity contribution in [2.75, 3.05) is 13.6 Å². The first-order valence-electron chi connectivity index (χ1n) is 6.88. The van der Waals surface area contributed by atoms with Crippen LogP contribution >= 0.6 is 11.3 Å². The van der Waals surface area contributed by atoms with Gasteiger partial charge in [-0.25, -0.2) is 4.98 Å². The molecule has 0 bridgehead atoms. The van der Waals surface area contributed by atoms with Crippen molar-refractivity contribution in [1.29, 1.82) is 0 Å². The lowest BCUT2D eigenvalue weighted by atomic mass is 10.1. The van der Waals surface area contributed by atoms with Crippen molar-refractivity contribution in [2.45, 2.75) is 12.8 Å². The predicted octanol–water partition coefficient (Wildman–Crippen LogP) is 3.50. The van der Waals surface area contributed by atoms with Gasteiger partial charge in [-0.1, -0.05) is 13.0 Å². The number of nitrogens with one attached hydrogen (secondary N) is 1. The standard InChI is InChI=1S/C16H17N3OS/c1-11(15-18-8-9-21-15)10-19(2)16(20)13-4-3-5-14-12(13)6-7-17-14/h3-9,11,17H,10H2,1-2H3. The molecule has 0 radical (unpaired) electrons. The molecule has 1 amide bonds. The van der Waals surface area contributed by atoms with E-state index >= 15 is 0 Å². The molecule has 1 atom stereocenters. The van der Waals surface area contributed by atoms with Crippen LogP contribution in [0.25, 0.3) is 10.9 Å². The number of H-pyrrole nitrogens is 1. The summed E-state index contributed by atoms with van der Waals surface area (Å²) in [6.45, 7) is 2.76. The molecule has 0 saturated heterocycles. The number of nitrogens with zero attached hydrogens (tertiary/aromatic N) is 2. The Morgan fingerprint density at radius 3 is 3.05 bits per heavy atom. The lowest BCUT2D eigenvalue weighted by molar-refractivity contribution is 0.0790. The molecule has 21 heavy (non-hydrogen) atoms. The van der Waals surface area contributed by atoms with Crippen LogP contribution in [0.1, 0.15) is 28.2 Å². The summed E-state index contributed by atoms with van der Waals surface area (Å²) in [5, 5.41) is 4.00. The molecule has 0 spiro atoms. The summed E-state index contributed by atoms with van der Waals surface area (Å²) in [5.41, 5.74) is 1.73. The summed E-state index contributed by atoms with van der Waals surface area (Å²) in [6.07, 6.45) is 3.67. The van der Waals surface area contributed by atoms with Gasteiger partial charge in [0.2, 0.25) is 0 Å². The maximum Gasteiger partial charge on any atom is 0.254 e. The summed E-state index contributed by atoms with van der Waals surface area (Å²) < 4.78 is 0. The fourth-order valence-electron chi connectivity index (χ4n) is 2.53. The number of rotatable bonds is 4. The average molecular weight is 299 g/mol. The Morgan fingerprint density at radius 2 is 2.29 bits per heavy atom. The van der Waals surface area contributed by atoms with E-state index in [1.807, 2.05) is 42.9 Å². The van der Waals surface area contributed by atoms with Gasteiger partial charge >= 0.3 is 0 Å². The van der Waals surface area contributed by atoms with E-state index in [4.69, 9.17) is 0 Å². The van der Waals surface area contributed by atoms with E-state index < -0.39 is 0 Å². The van der Waals surface area contributed by atoms with E-state index in [2.05, 4.69) is 16.9 Å². The number of hydrogen-bond acceptors (Lipinski definition) is 3. The van der Waals surface area contributed by atoms with Crippen molar-refractivity contribution in [3.8, 4) is 0 Å². The number of fused-ring (bicyclic) bond motifs is 1. The number of aromatic amines is 1. The van der Waals surface area contributed by atoms with E-state index in [0.29, 0.717) is 6.54 Å². The zero-order valence-electron chi connectivity index (χ0n) is 12.0. The van der Waals surface area contributed by atoms with E-state index in [1.165, 1.54) is 0 Å². The van der Waals surface area contributed by atoms with Crippen molar-refractivity contribution in [3.05, 3.63) is 52.6 Å². The van der Waals surface area contributed by atoms with Crippen LogP contribution in [0, 0.1) is 0 Å². The van der Waals surface area contributed by atoms with Crippen LogP contribution in [-0.2, 0) is 0 Å². The molecule has 4 nitrogen and oxygen atoms in total. The molecule has 0 fully saturated rings. The number of thiazole rings is 1. The Bertz CT molecular complexity index is 748. The van der Waals surface area contributed by atoms with Gasteiger partial charge < -0.3 is 9.88 Å². The Kier molecular flexibility index (Phi) is 3.75. The Labute approximate surface area is 127 Å². The normalized spacial score (nSPS) is 12.5. The van der Waals surface area contributed by atoms with Crippen LogP contribution in [0.3, 0.4) is 0 Å². The van der Waals surface area contributed by atoms with Gasteiger partial charge in [0.25, 0.3) is 5.91 Å². The van der Waals surface area contributed by atoms with Gasteiger partial charge in [-0.05, 0) is 18.2 Å². The number of carbonyl (C=O) groups is 1. The molecule has 3 rings (SSSR count). The third kappa shape index (κ3) is 2.69. The van der Waals surface area contributed by atoms with Gasteiger partial charge in [-0.3, -0.25) is 4.79 Å². The maximum atomic E-state index is 12.7. The zero-order valence-corrected chi connectivity index (χ0v) is 12.9. The number of likely N-dealkylation sites (N-methyl/N-ethyl adjacent to an activating group) is 1. The van der Waals surface area contributed by atoms with Crippen molar-refractivity contribution in [1.82, 2.24) is 14.9 Å². The summed E-state index contributed by atoms with van der Waals surface area (Å²) in [6, 6.07) is 7.71. The molecular formula is C16H17N3OS. The average Bonchev–Trinajstić information content (AvgIpc) is 3.16. The van der Waals surface area contributed by atoms with Gasteiger partial charge in [0, 0.05) is 53.8 Å². The second-order valence-electron chi connectivity index (χ2n) is 5.20. The Balaban J connectivity index is 1.80. The van der Waals surface area contributed by atoms with E-state index in [-0.39, 0.29) is 11.8 Å². The summed E-state index contributed by atoms with van der Waals surface area (Å²) in [4.78, 5) is 21.9. The zero-order chi connectivity index (χ0) is 14.8. The van der Waals surface area contributed by atoms with Crippen molar-refractivity contribution < 1.29 is 4.79 Å². The predicted molar refractivity (Wildman–Crippen MR) is 85.8 cm³/mol. The smallest absolute Gasteiger partial charge is 0.254 e. The molecular weight excluding hydrogens is 282 g/mol. The molecule has 3 aromatic rings. The van der Waals surface area contributed by atoms with Crippen molar-refractivity contribution >= 4 is 28.1 Å². The Hall–Kier alpha value is -2.14. The summed E-state index contributed by atoms with van der Waals surface area (Å²) >= 11 is 1.63. The fraction of sp³-hybridized carbons (Fsp3) is 0.250. The number of aromatic nitrogens is 2. The number of amides is 1. The molecule has 1 unspecified atom stereocenters. The van der Waals surface area contributed by atoms with Crippen LogP contribution in [0.2, 0.25) is 0 Å². The molecule has 5 heteroatoms. The van der Waals surface area contributed by atoms with Crippen LogP contribution < -0.4 is 0 Å². The molecule has 108 valence electrons. The van der Waals surface area contributed by atoms with E-state index in [0.717, 1.165) is 21.5 Å². The van der Waals surface area contributed by atoms with Gasteiger partial charge in [0.15, 0.2) is 0 Å². The molecule has 0 aliphatic carbocycles. The van der Waals surface area contributed by atoms with Crippen molar-refractivity contribution in [3.63, 3.8) is 0 Å². The molecule has 0 aliphatic heterocycles. The highest BCUT2D eigenvalue weighted by molar-refractivity contribution is 7.09. The SMILES string of the molecule is CC(CN(C)C(=O)c1cccc2[nH]ccc12)c1nccs1. The van der Waals surface area contributed by atoms with Crippen LogP contribution in [0.4, 0.5) is 0 Å². The summed E-state index contributed by atoms with van der Waals surface area (Å²) in [7, 11) is 1.85. The van der Waals surface area contributed by atoms with Gasteiger partial charge in [-0.2, -0.15) is 0 Å². The molecule has 1 aromatic carbocycles. The largest absolute Gasteiger partial charge is 0.361 e. The molecule has 0 saturated carbocycles. The van der Waals surface area contributed by atoms with Gasteiger partial charge in [-0.15, -0.1) is 11.3 Å². The number of benzene rings is 1. The lowest BCUT2D eigenvalue weighted by Crippen LogP contribution is -2.30. The van der Waals surface area contributed by atoms with Gasteiger partial charge in [0.05, 0.1) is 5.01 Å². The van der Waals surface area contributed by atoms with Gasteiger partial charge in [0.1, 0.15) is 0 Å². The highest BCUT2D eigenvalue weighted by Crippen LogP contribution is 2.22. The molecule has 0 aliphatic rings. The first-order chi connectivity index (χ1) is 10.2. The quantitative estimate of drug-likeness (QED) is 0.801. The minimum absolute atomic E-state index is 0.0450. The second-order valence-corrected chi connectivity index (χ2v) is 6.13. The van der Waals surface area contributed by atoms with Crippen LogP contribution in [0.5, 0.6) is 0 Å².